The smallest absolute Gasteiger partial charge is 0.213 e. The van der Waals surface area contributed by atoms with Gasteiger partial charge in [0.2, 0.25) is 10.0 Å². The summed E-state index contributed by atoms with van der Waals surface area (Å²) >= 11 is 0. The molecule has 0 aromatic carbocycles. The molecule has 2 aliphatic heterocycles. The van der Waals surface area contributed by atoms with Gasteiger partial charge in [-0.3, -0.25) is 4.99 Å². The highest BCUT2D eigenvalue weighted by Gasteiger charge is 2.26. The van der Waals surface area contributed by atoms with E-state index in [2.05, 4.69) is 21.7 Å². The molecule has 2 aliphatic rings. The molecule has 2 rings (SSSR count). The van der Waals surface area contributed by atoms with Gasteiger partial charge in [0, 0.05) is 32.7 Å². The van der Waals surface area contributed by atoms with Crippen LogP contribution in [-0.4, -0.2) is 70.4 Å². The third-order valence-corrected chi connectivity index (χ3v) is 6.45. The van der Waals surface area contributed by atoms with E-state index in [1.807, 2.05) is 0 Å². The molecule has 0 aromatic rings. The standard InChI is InChI=1S/C16H30N4O3S/c1-3-24(21,22)20-10-5-15(6-11-20)19-16(17-2)18-9-4-14-7-12-23-13-8-14/h7,15H,3-6,8-13H2,1-2H3,(H2,17,18,19). The molecular weight excluding hydrogens is 328 g/mol. The minimum absolute atomic E-state index is 0.176. The number of piperidine rings is 1. The van der Waals surface area contributed by atoms with Crippen LogP contribution in [0.25, 0.3) is 0 Å². The summed E-state index contributed by atoms with van der Waals surface area (Å²) in [6, 6.07) is 0.266. The summed E-state index contributed by atoms with van der Waals surface area (Å²) in [5.74, 6) is 0.967. The van der Waals surface area contributed by atoms with Gasteiger partial charge in [0.1, 0.15) is 0 Å². The second-order valence-electron chi connectivity index (χ2n) is 6.15. The van der Waals surface area contributed by atoms with Crippen LogP contribution >= 0.6 is 0 Å². The van der Waals surface area contributed by atoms with Crippen molar-refractivity contribution in [2.24, 2.45) is 4.99 Å². The zero-order chi connectivity index (χ0) is 17.4. The zero-order valence-corrected chi connectivity index (χ0v) is 15.6. The largest absolute Gasteiger partial charge is 0.377 e. The molecule has 0 radical (unpaired) electrons. The lowest BCUT2D eigenvalue weighted by molar-refractivity contribution is 0.153. The molecule has 1 saturated heterocycles. The molecule has 0 atom stereocenters. The third-order valence-electron chi connectivity index (χ3n) is 4.57. The molecule has 1 fully saturated rings. The van der Waals surface area contributed by atoms with E-state index in [-0.39, 0.29) is 11.8 Å². The minimum Gasteiger partial charge on any atom is -0.377 e. The molecule has 0 amide bonds. The molecule has 7 nitrogen and oxygen atoms in total. The summed E-state index contributed by atoms with van der Waals surface area (Å²) in [6.45, 7) is 5.24. The summed E-state index contributed by atoms with van der Waals surface area (Å²) in [4.78, 5) is 4.27. The summed E-state index contributed by atoms with van der Waals surface area (Å²) in [7, 11) is -1.30. The Morgan fingerprint density at radius 3 is 2.75 bits per heavy atom. The number of hydrogen-bond acceptors (Lipinski definition) is 4. The molecule has 138 valence electrons. The molecule has 0 saturated carbocycles. The van der Waals surface area contributed by atoms with Gasteiger partial charge in [-0.1, -0.05) is 11.6 Å². The van der Waals surface area contributed by atoms with Gasteiger partial charge >= 0.3 is 0 Å². The van der Waals surface area contributed by atoms with Crippen LogP contribution in [-0.2, 0) is 14.8 Å². The fraction of sp³-hybridized carbons (Fsp3) is 0.812. The van der Waals surface area contributed by atoms with Crippen LogP contribution in [0, 0.1) is 0 Å². The van der Waals surface area contributed by atoms with E-state index in [9.17, 15) is 8.42 Å². The van der Waals surface area contributed by atoms with Crippen LogP contribution in [0.4, 0.5) is 0 Å². The van der Waals surface area contributed by atoms with E-state index in [0.717, 1.165) is 51.4 Å². The number of nitrogens with one attached hydrogen (secondary N) is 2. The lowest BCUT2D eigenvalue weighted by Crippen LogP contribution is -2.50. The number of rotatable bonds is 6. The predicted molar refractivity (Wildman–Crippen MR) is 96.7 cm³/mol. The van der Waals surface area contributed by atoms with Crippen LogP contribution in [0.2, 0.25) is 0 Å². The second kappa shape index (κ2) is 9.39. The Labute approximate surface area is 145 Å². The van der Waals surface area contributed by atoms with Gasteiger partial charge in [-0.2, -0.15) is 0 Å². The number of guanidine groups is 1. The van der Waals surface area contributed by atoms with Crippen molar-refractivity contribution >= 4 is 16.0 Å². The Hall–Kier alpha value is -1.12. The zero-order valence-electron chi connectivity index (χ0n) is 14.8. The van der Waals surface area contributed by atoms with Crippen molar-refractivity contribution in [2.45, 2.75) is 38.6 Å². The van der Waals surface area contributed by atoms with Crippen molar-refractivity contribution < 1.29 is 13.2 Å². The molecule has 0 aromatic heterocycles. The van der Waals surface area contributed by atoms with Crippen LogP contribution in [0.15, 0.2) is 16.6 Å². The van der Waals surface area contributed by atoms with Crippen molar-refractivity contribution in [1.82, 2.24) is 14.9 Å². The van der Waals surface area contributed by atoms with Gasteiger partial charge in [-0.15, -0.1) is 0 Å². The Morgan fingerprint density at radius 2 is 2.17 bits per heavy atom. The SMILES string of the molecule is CCS(=O)(=O)N1CCC(NC(=NC)NCCC2=CCOCC2)CC1. The van der Waals surface area contributed by atoms with Gasteiger partial charge in [-0.25, -0.2) is 12.7 Å². The van der Waals surface area contributed by atoms with Crippen molar-refractivity contribution in [1.29, 1.82) is 0 Å². The topological polar surface area (TPSA) is 83.0 Å². The highest BCUT2D eigenvalue weighted by Crippen LogP contribution is 2.14. The Balaban J connectivity index is 1.71. The molecular formula is C16H30N4O3S. The average Bonchev–Trinajstić information content (AvgIpc) is 2.62. The monoisotopic (exact) mass is 358 g/mol. The lowest BCUT2D eigenvalue weighted by Gasteiger charge is -2.32. The molecule has 0 spiro atoms. The molecule has 0 bridgehead atoms. The maximum absolute atomic E-state index is 11.9. The summed E-state index contributed by atoms with van der Waals surface area (Å²) in [5.41, 5.74) is 1.43. The number of nitrogens with zero attached hydrogens (tertiary/aromatic N) is 2. The van der Waals surface area contributed by atoms with E-state index in [0.29, 0.717) is 13.1 Å². The first-order valence-electron chi connectivity index (χ1n) is 8.76. The lowest BCUT2D eigenvalue weighted by atomic mass is 10.1. The minimum atomic E-state index is -3.06. The van der Waals surface area contributed by atoms with Crippen molar-refractivity contribution in [3.63, 3.8) is 0 Å². The van der Waals surface area contributed by atoms with E-state index >= 15 is 0 Å². The van der Waals surface area contributed by atoms with E-state index < -0.39 is 10.0 Å². The van der Waals surface area contributed by atoms with Crippen LogP contribution in [0.5, 0.6) is 0 Å². The first-order chi connectivity index (χ1) is 11.5. The van der Waals surface area contributed by atoms with Crippen LogP contribution < -0.4 is 10.6 Å². The van der Waals surface area contributed by atoms with Gasteiger partial charge < -0.3 is 15.4 Å². The van der Waals surface area contributed by atoms with Crippen molar-refractivity contribution in [2.75, 3.05) is 45.6 Å². The maximum Gasteiger partial charge on any atom is 0.213 e. The number of sulfonamides is 1. The van der Waals surface area contributed by atoms with Gasteiger partial charge in [0.05, 0.1) is 19.0 Å². The third kappa shape index (κ3) is 5.75. The highest BCUT2D eigenvalue weighted by atomic mass is 32.2. The molecule has 2 N–H and O–H groups in total. The van der Waals surface area contributed by atoms with E-state index in [1.165, 1.54) is 5.57 Å². The number of hydrogen-bond donors (Lipinski definition) is 2. The van der Waals surface area contributed by atoms with Crippen LogP contribution in [0.1, 0.15) is 32.6 Å². The van der Waals surface area contributed by atoms with Gasteiger partial charge in [0.15, 0.2) is 5.96 Å². The summed E-state index contributed by atoms with van der Waals surface area (Å²) in [6.07, 6.45) is 5.78. The Bertz CT molecular complexity index is 552. The first-order valence-corrected chi connectivity index (χ1v) is 10.4. The Morgan fingerprint density at radius 1 is 1.42 bits per heavy atom. The molecule has 0 aliphatic carbocycles. The van der Waals surface area contributed by atoms with E-state index in [4.69, 9.17) is 4.74 Å². The molecule has 0 unspecified atom stereocenters. The fourth-order valence-corrected chi connectivity index (χ4v) is 4.12. The quantitative estimate of drug-likeness (QED) is 0.415. The van der Waals surface area contributed by atoms with Crippen LogP contribution in [0.3, 0.4) is 0 Å². The first kappa shape index (κ1) is 19.2. The maximum atomic E-state index is 11.9. The summed E-state index contributed by atoms with van der Waals surface area (Å²) < 4.78 is 30.7. The van der Waals surface area contributed by atoms with Gasteiger partial charge in [-0.05, 0) is 32.6 Å². The summed E-state index contributed by atoms with van der Waals surface area (Å²) in [5, 5.41) is 6.75. The fourth-order valence-electron chi connectivity index (χ4n) is 2.98. The molecule has 24 heavy (non-hydrogen) atoms. The molecule has 2 heterocycles. The van der Waals surface area contributed by atoms with E-state index in [1.54, 1.807) is 18.3 Å². The Kier molecular flexibility index (Phi) is 7.51. The highest BCUT2D eigenvalue weighted by molar-refractivity contribution is 7.89. The van der Waals surface area contributed by atoms with Gasteiger partial charge in [0.25, 0.3) is 0 Å². The average molecular weight is 359 g/mol. The normalized spacial score (nSPS) is 21.4. The second-order valence-corrected chi connectivity index (χ2v) is 8.41. The molecule has 8 heteroatoms. The number of ether oxygens (including phenoxy) is 1. The number of aliphatic imine (C=N–C) groups is 1. The van der Waals surface area contributed by atoms with Crippen molar-refractivity contribution in [3.8, 4) is 0 Å². The van der Waals surface area contributed by atoms with Crippen molar-refractivity contribution in [3.05, 3.63) is 11.6 Å². The predicted octanol–water partition coefficient (Wildman–Crippen LogP) is 0.702.